The second-order valence-electron chi connectivity index (χ2n) is 11.2. The van der Waals surface area contributed by atoms with Gasteiger partial charge in [-0.1, -0.05) is 84.9 Å². The van der Waals surface area contributed by atoms with Crippen molar-refractivity contribution in [1.82, 2.24) is 19.1 Å². The highest BCUT2D eigenvalue weighted by atomic mass is 15.2. The van der Waals surface area contributed by atoms with Gasteiger partial charge in [0.1, 0.15) is 11.6 Å². The van der Waals surface area contributed by atoms with Gasteiger partial charge in [-0.05, 0) is 66.7 Å². The minimum atomic E-state index is 0.795. The molecule has 0 aliphatic rings. The molecule has 4 aromatic heterocycles. The van der Waals surface area contributed by atoms with Crippen molar-refractivity contribution in [3.05, 3.63) is 164 Å². The Labute approximate surface area is 259 Å². The summed E-state index contributed by atoms with van der Waals surface area (Å²) in [6, 6.07) is 53.4. The van der Waals surface area contributed by atoms with Crippen molar-refractivity contribution in [3.63, 3.8) is 0 Å². The molecule has 5 heteroatoms. The van der Waals surface area contributed by atoms with Gasteiger partial charge in [-0.15, -0.1) is 0 Å². The quantitative estimate of drug-likeness (QED) is 0.204. The van der Waals surface area contributed by atoms with Gasteiger partial charge in [0.2, 0.25) is 0 Å². The zero-order valence-electron chi connectivity index (χ0n) is 24.3. The van der Waals surface area contributed by atoms with E-state index in [-0.39, 0.29) is 0 Å². The normalized spacial score (nSPS) is 11.6. The highest BCUT2D eigenvalue weighted by Gasteiger charge is 2.21. The van der Waals surface area contributed by atoms with Gasteiger partial charge in [-0.25, -0.2) is 9.97 Å². The summed E-state index contributed by atoms with van der Waals surface area (Å²) in [5.74, 6) is 1.59. The first kappa shape index (κ1) is 25.3. The van der Waals surface area contributed by atoms with Crippen LogP contribution in [0.2, 0.25) is 0 Å². The van der Waals surface area contributed by atoms with Crippen molar-refractivity contribution >= 4 is 60.9 Å². The molecule has 0 atom stereocenters. The number of hydrogen-bond donors (Lipinski definition) is 0. The largest absolute Gasteiger partial charge is 0.309 e. The molecular formula is C40H27N5. The molecule has 5 aromatic carbocycles. The summed E-state index contributed by atoms with van der Waals surface area (Å²) < 4.78 is 4.75. The van der Waals surface area contributed by atoms with E-state index in [2.05, 4.69) is 129 Å². The summed E-state index contributed by atoms with van der Waals surface area (Å²) in [5.41, 5.74) is 7.70. The topological polar surface area (TPSA) is 38.9 Å². The fraction of sp³-hybridized carbons (Fsp3) is 0. The van der Waals surface area contributed by atoms with Crippen LogP contribution >= 0.6 is 0 Å². The first-order valence-electron chi connectivity index (χ1n) is 15.1. The lowest BCUT2D eigenvalue weighted by Gasteiger charge is -2.25. The number of benzene rings is 5. The molecule has 0 bridgehead atoms. The van der Waals surface area contributed by atoms with E-state index < -0.39 is 0 Å². The zero-order valence-corrected chi connectivity index (χ0v) is 24.3. The fourth-order valence-electron chi connectivity index (χ4n) is 6.72. The Bertz CT molecular complexity index is 2210. The molecular weight excluding hydrogens is 550 g/mol. The molecule has 0 saturated carbocycles. The minimum Gasteiger partial charge on any atom is -0.309 e. The van der Waals surface area contributed by atoms with E-state index in [0.717, 1.165) is 50.8 Å². The molecule has 45 heavy (non-hydrogen) atoms. The Balaban J connectivity index is 1.42. The average molecular weight is 578 g/mol. The predicted molar refractivity (Wildman–Crippen MR) is 185 cm³/mol. The molecule has 4 heterocycles. The van der Waals surface area contributed by atoms with E-state index in [9.17, 15) is 0 Å². The van der Waals surface area contributed by atoms with E-state index in [1.807, 2.05) is 48.8 Å². The lowest BCUT2D eigenvalue weighted by atomic mass is 10.2. The third-order valence-corrected chi connectivity index (χ3v) is 8.58. The van der Waals surface area contributed by atoms with Crippen LogP contribution in [0.4, 0.5) is 17.3 Å². The van der Waals surface area contributed by atoms with Crippen LogP contribution in [-0.4, -0.2) is 19.1 Å². The molecule has 5 nitrogen and oxygen atoms in total. The van der Waals surface area contributed by atoms with Gasteiger partial charge < -0.3 is 9.13 Å². The van der Waals surface area contributed by atoms with Gasteiger partial charge in [0, 0.05) is 33.9 Å². The molecule has 9 aromatic rings. The van der Waals surface area contributed by atoms with Crippen molar-refractivity contribution in [1.29, 1.82) is 0 Å². The van der Waals surface area contributed by atoms with Crippen LogP contribution in [0.1, 0.15) is 0 Å². The van der Waals surface area contributed by atoms with Gasteiger partial charge in [0.05, 0.1) is 39.1 Å². The molecule has 212 valence electrons. The number of aromatic nitrogens is 4. The van der Waals surface area contributed by atoms with Crippen LogP contribution in [0.25, 0.3) is 55.0 Å². The van der Waals surface area contributed by atoms with Gasteiger partial charge in [-0.3, -0.25) is 4.90 Å². The Kier molecular flexibility index (Phi) is 5.74. The number of nitrogens with zero attached hydrogens (tertiary/aromatic N) is 5. The lowest BCUT2D eigenvalue weighted by Crippen LogP contribution is -2.14. The van der Waals surface area contributed by atoms with E-state index in [4.69, 9.17) is 9.97 Å². The standard InChI is InChI=1S/C40H27N5/c1-5-17-35-31(13-1)32-14-2-6-18-36(32)43(35)28-25-29(44-37-19-7-3-15-33(37)34-16-4-8-20-38(34)44)27-30(26-28)45(39-21-9-11-23-41-39)40-22-10-12-24-42-40/h1-27H. The average Bonchev–Trinajstić information content (AvgIpc) is 3.63. The summed E-state index contributed by atoms with van der Waals surface area (Å²) in [6.45, 7) is 0. The molecule has 0 fully saturated rings. The Morgan fingerprint density at radius 3 is 1.09 bits per heavy atom. The second-order valence-corrected chi connectivity index (χ2v) is 11.2. The van der Waals surface area contributed by atoms with Gasteiger partial charge in [0.25, 0.3) is 0 Å². The summed E-state index contributed by atoms with van der Waals surface area (Å²) in [5, 5.41) is 4.90. The van der Waals surface area contributed by atoms with E-state index in [1.54, 1.807) is 0 Å². The highest BCUT2D eigenvalue weighted by Crippen LogP contribution is 2.40. The minimum absolute atomic E-state index is 0.795. The van der Waals surface area contributed by atoms with E-state index in [1.165, 1.54) is 21.5 Å². The van der Waals surface area contributed by atoms with E-state index >= 15 is 0 Å². The fourth-order valence-corrected chi connectivity index (χ4v) is 6.72. The molecule has 0 spiro atoms. The molecule has 0 aliphatic carbocycles. The third kappa shape index (κ3) is 4.02. The SMILES string of the molecule is c1ccc(N(c2cc(-n3c4ccccc4c4ccccc43)cc(-n3c4ccccc4c4ccccc43)c2)c2ccccn2)nc1. The van der Waals surface area contributed by atoms with Crippen molar-refractivity contribution in [2.24, 2.45) is 0 Å². The molecule has 0 aliphatic heterocycles. The van der Waals surface area contributed by atoms with Gasteiger partial charge in [-0.2, -0.15) is 0 Å². The van der Waals surface area contributed by atoms with Crippen molar-refractivity contribution in [3.8, 4) is 11.4 Å². The number of pyridine rings is 2. The Morgan fingerprint density at radius 1 is 0.378 bits per heavy atom. The van der Waals surface area contributed by atoms with Crippen LogP contribution in [0.3, 0.4) is 0 Å². The van der Waals surface area contributed by atoms with E-state index in [0.29, 0.717) is 0 Å². The second kappa shape index (κ2) is 10.2. The van der Waals surface area contributed by atoms with Crippen LogP contribution in [0.15, 0.2) is 164 Å². The summed E-state index contributed by atoms with van der Waals surface area (Å²) in [4.78, 5) is 11.7. The number of para-hydroxylation sites is 4. The number of fused-ring (bicyclic) bond motifs is 6. The van der Waals surface area contributed by atoms with Gasteiger partial charge in [0.15, 0.2) is 0 Å². The highest BCUT2D eigenvalue weighted by molar-refractivity contribution is 6.10. The number of rotatable bonds is 5. The zero-order chi connectivity index (χ0) is 29.7. The third-order valence-electron chi connectivity index (χ3n) is 8.58. The summed E-state index contributed by atoms with van der Waals surface area (Å²) >= 11 is 0. The molecule has 0 unspecified atom stereocenters. The van der Waals surface area contributed by atoms with Gasteiger partial charge >= 0.3 is 0 Å². The Hall–Kier alpha value is -6.20. The molecule has 0 radical (unpaired) electrons. The molecule has 9 rings (SSSR count). The van der Waals surface area contributed by atoms with Crippen LogP contribution in [-0.2, 0) is 0 Å². The van der Waals surface area contributed by atoms with Crippen molar-refractivity contribution < 1.29 is 0 Å². The first-order chi connectivity index (χ1) is 22.3. The predicted octanol–water partition coefficient (Wildman–Crippen LogP) is 10.1. The van der Waals surface area contributed by atoms with Crippen molar-refractivity contribution in [2.75, 3.05) is 4.90 Å². The number of hydrogen-bond acceptors (Lipinski definition) is 3. The maximum atomic E-state index is 4.79. The number of anilines is 3. The molecule has 0 saturated heterocycles. The Morgan fingerprint density at radius 2 is 0.733 bits per heavy atom. The smallest absolute Gasteiger partial charge is 0.138 e. The van der Waals surface area contributed by atoms with Crippen LogP contribution in [0, 0.1) is 0 Å². The summed E-state index contributed by atoms with van der Waals surface area (Å²) in [7, 11) is 0. The van der Waals surface area contributed by atoms with Crippen LogP contribution in [0.5, 0.6) is 0 Å². The maximum Gasteiger partial charge on any atom is 0.138 e. The maximum absolute atomic E-state index is 4.79. The lowest BCUT2D eigenvalue weighted by molar-refractivity contribution is 1.09. The molecule has 0 amide bonds. The molecule has 0 N–H and O–H groups in total. The van der Waals surface area contributed by atoms with Crippen LogP contribution < -0.4 is 4.90 Å². The monoisotopic (exact) mass is 577 g/mol. The van der Waals surface area contributed by atoms with Crippen molar-refractivity contribution in [2.45, 2.75) is 0 Å². The summed E-state index contributed by atoms with van der Waals surface area (Å²) in [6.07, 6.45) is 3.66. The first-order valence-corrected chi connectivity index (χ1v) is 15.1.